The van der Waals surface area contributed by atoms with Crippen LogP contribution in [0.25, 0.3) is 0 Å². The smallest absolute Gasteiger partial charge is 0.237 e. The predicted octanol–water partition coefficient (Wildman–Crippen LogP) is 1.14. The van der Waals surface area contributed by atoms with Crippen LogP contribution in [-0.4, -0.2) is 52.5 Å². The molecule has 0 saturated carbocycles. The molecule has 108 valence electrons. The fourth-order valence-corrected chi connectivity index (χ4v) is 4.27. The lowest BCUT2D eigenvalue weighted by atomic mass is 9.93. The average Bonchev–Trinajstić information content (AvgIpc) is 2.63. The van der Waals surface area contributed by atoms with Crippen LogP contribution in [0.5, 0.6) is 0 Å². The Hall–Kier alpha value is -0.330. The molecule has 0 spiro atoms. The van der Waals surface area contributed by atoms with Crippen molar-refractivity contribution in [1.29, 1.82) is 0 Å². The number of nitrogens with one attached hydrogen (secondary N) is 1. The van der Waals surface area contributed by atoms with Crippen molar-refractivity contribution in [2.75, 3.05) is 25.9 Å². The second-order valence-electron chi connectivity index (χ2n) is 5.40. The first-order chi connectivity index (χ1) is 9.09. The van der Waals surface area contributed by atoms with Crippen LogP contribution in [0.15, 0.2) is 0 Å². The summed E-state index contributed by atoms with van der Waals surface area (Å²) in [4.78, 5) is 15.0. The Kier molecular flexibility index (Phi) is 5.09. The lowest BCUT2D eigenvalue weighted by Crippen LogP contribution is -2.54. The van der Waals surface area contributed by atoms with Gasteiger partial charge in [-0.1, -0.05) is 12.2 Å². The van der Waals surface area contributed by atoms with Crippen LogP contribution in [0.2, 0.25) is 0 Å². The zero-order valence-corrected chi connectivity index (χ0v) is 13.1. The standard InChI is InChI=1S/C13H23N3OS2/c1-19-13(12(14)18)5-8-16(9-6-13)10-4-2-3-7-15-11(10)17/h10H,2-9H2,1H3,(H2,14,18)(H,15,17). The zero-order valence-electron chi connectivity index (χ0n) is 11.5. The van der Waals surface area contributed by atoms with Crippen LogP contribution in [0.1, 0.15) is 32.1 Å². The van der Waals surface area contributed by atoms with E-state index >= 15 is 0 Å². The topological polar surface area (TPSA) is 58.4 Å². The minimum atomic E-state index is -0.0625. The molecule has 19 heavy (non-hydrogen) atoms. The van der Waals surface area contributed by atoms with E-state index in [2.05, 4.69) is 16.5 Å². The monoisotopic (exact) mass is 301 g/mol. The molecule has 2 aliphatic heterocycles. The molecule has 2 heterocycles. The van der Waals surface area contributed by atoms with Gasteiger partial charge in [0.15, 0.2) is 0 Å². The van der Waals surface area contributed by atoms with Gasteiger partial charge >= 0.3 is 0 Å². The molecule has 2 saturated heterocycles. The van der Waals surface area contributed by atoms with Gasteiger partial charge in [-0.05, 0) is 38.4 Å². The number of rotatable bonds is 3. The Morgan fingerprint density at radius 3 is 2.74 bits per heavy atom. The van der Waals surface area contributed by atoms with Crippen molar-refractivity contribution in [3.63, 3.8) is 0 Å². The maximum atomic E-state index is 12.1. The van der Waals surface area contributed by atoms with E-state index in [1.807, 2.05) is 0 Å². The minimum Gasteiger partial charge on any atom is -0.392 e. The molecule has 0 aromatic rings. The summed E-state index contributed by atoms with van der Waals surface area (Å²) in [7, 11) is 0. The molecular formula is C13H23N3OS2. The Labute approximate surface area is 124 Å². The highest BCUT2D eigenvalue weighted by atomic mass is 32.2. The number of nitrogens with two attached hydrogens (primary N) is 1. The SMILES string of the molecule is CSC1(C(N)=S)CCN(C2CCCCNC2=O)CC1. The number of nitrogens with zero attached hydrogens (tertiary/aromatic N) is 1. The summed E-state index contributed by atoms with van der Waals surface area (Å²) < 4.78 is -0.0625. The van der Waals surface area contributed by atoms with Crippen molar-refractivity contribution < 1.29 is 4.79 Å². The van der Waals surface area contributed by atoms with E-state index in [-0.39, 0.29) is 16.7 Å². The molecule has 3 N–H and O–H groups in total. The van der Waals surface area contributed by atoms with E-state index in [4.69, 9.17) is 18.0 Å². The van der Waals surface area contributed by atoms with Gasteiger partial charge in [-0.15, -0.1) is 0 Å². The highest BCUT2D eigenvalue weighted by Crippen LogP contribution is 2.36. The van der Waals surface area contributed by atoms with E-state index in [0.29, 0.717) is 4.99 Å². The Morgan fingerprint density at radius 2 is 2.16 bits per heavy atom. The average molecular weight is 301 g/mol. The summed E-state index contributed by atoms with van der Waals surface area (Å²) in [6.45, 7) is 2.65. The van der Waals surface area contributed by atoms with Gasteiger partial charge in [0.05, 0.1) is 15.8 Å². The van der Waals surface area contributed by atoms with E-state index < -0.39 is 0 Å². The number of thiocarbonyl (C=S) groups is 1. The summed E-state index contributed by atoms with van der Waals surface area (Å²) in [5.74, 6) is 0.199. The third kappa shape index (κ3) is 3.23. The number of carbonyl (C=O) groups excluding carboxylic acids is 1. The number of thioether (sulfide) groups is 1. The number of amides is 1. The summed E-state index contributed by atoms with van der Waals surface area (Å²) in [5, 5.41) is 3.01. The molecule has 4 nitrogen and oxygen atoms in total. The lowest BCUT2D eigenvalue weighted by Gasteiger charge is -2.42. The molecule has 2 aliphatic rings. The molecule has 2 fully saturated rings. The third-order valence-corrected chi connectivity index (χ3v) is 6.32. The molecule has 0 aromatic heterocycles. The van der Waals surface area contributed by atoms with Crippen molar-refractivity contribution in [1.82, 2.24) is 10.2 Å². The Morgan fingerprint density at radius 1 is 1.47 bits per heavy atom. The first-order valence-electron chi connectivity index (χ1n) is 6.96. The van der Waals surface area contributed by atoms with Gasteiger partial charge in [-0.2, -0.15) is 11.8 Å². The van der Waals surface area contributed by atoms with Gasteiger partial charge in [0.2, 0.25) is 5.91 Å². The molecule has 6 heteroatoms. The zero-order chi connectivity index (χ0) is 13.9. The molecule has 0 aromatic carbocycles. The van der Waals surface area contributed by atoms with Crippen LogP contribution in [0.4, 0.5) is 0 Å². The van der Waals surface area contributed by atoms with Crippen molar-refractivity contribution >= 4 is 34.9 Å². The van der Waals surface area contributed by atoms with E-state index in [1.54, 1.807) is 11.8 Å². The van der Waals surface area contributed by atoms with E-state index in [0.717, 1.165) is 51.7 Å². The molecule has 0 bridgehead atoms. The third-order valence-electron chi connectivity index (χ3n) is 4.39. The number of likely N-dealkylation sites (tertiary alicyclic amines) is 1. The molecule has 1 amide bonds. The normalized spacial score (nSPS) is 28.5. The fraction of sp³-hybridized carbons (Fsp3) is 0.846. The van der Waals surface area contributed by atoms with Crippen LogP contribution >= 0.6 is 24.0 Å². The van der Waals surface area contributed by atoms with E-state index in [9.17, 15) is 4.79 Å². The first-order valence-corrected chi connectivity index (χ1v) is 8.59. The molecule has 0 aliphatic carbocycles. The second-order valence-corrected chi connectivity index (χ2v) is 7.03. The van der Waals surface area contributed by atoms with Crippen molar-refractivity contribution in [3.8, 4) is 0 Å². The fourth-order valence-electron chi connectivity index (χ4n) is 3.02. The van der Waals surface area contributed by atoms with Crippen molar-refractivity contribution in [2.24, 2.45) is 5.73 Å². The highest BCUT2D eigenvalue weighted by Gasteiger charge is 2.39. The van der Waals surface area contributed by atoms with Gasteiger partial charge in [0, 0.05) is 19.6 Å². The lowest BCUT2D eigenvalue weighted by molar-refractivity contribution is -0.126. The quantitative estimate of drug-likeness (QED) is 0.766. The van der Waals surface area contributed by atoms with Gasteiger partial charge in [0.1, 0.15) is 0 Å². The van der Waals surface area contributed by atoms with Crippen molar-refractivity contribution in [2.45, 2.75) is 42.9 Å². The van der Waals surface area contributed by atoms with Gasteiger partial charge < -0.3 is 11.1 Å². The van der Waals surface area contributed by atoms with Gasteiger partial charge in [0.25, 0.3) is 0 Å². The van der Waals surface area contributed by atoms with Crippen LogP contribution in [0, 0.1) is 0 Å². The van der Waals surface area contributed by atoms with Gasteiger partial charge in [-0.25, -0.2) is 0 Å². The van der Waals surface area contributed by atoms with Crippen LogP contribution < -0.4 is 11.1 Å². The summed E-state index contributed by atoms with van der Waals surface area (Å²) in [6.07, 6.45) is 7.18. The Balaban J connectivity index is 1.98. The predicted molar refractivity (Wildman–Crippen MR) is 84.5 cm³/mol. The summed E-state index contributed by atoms with van der Waals surface area (Å²) in [5.41, 5.74) is 5.90. The Bertz CT molecular complexity index is 354. The molecule has 2 rings (SSSR count). The molecule has 0 radical (unpaired) electrons. The second kappa shape index (κ2) is 6.41. The number of carbonyl (C=O) groups is 1. The van der Waals surface area contributed by atoms with Crippen molar-refractivity contribution in [3.05, 3.63) is 0 Å². The summed E-state index contributed by atoms with van der Waals surface area (Å²) >= 11 is 6.99. The maximum absolute atomic E-state index is 12.1. The highest BCUT2D eigenvalue weighted by molar-refractivity contribution is 8.02. The summed E-state index contributed by atoms with van der Waals surface area (Å²) in [6, 6.07) is 0.0497. The first kappa shape index (κ1) is 15.1. The molecule has 1 unspecified atom stereocenters. The number of piperidine rings is 1. The minimum absolute atomic E-state index is 0.0497. The largest absolute Gasteiger partial charge is 0.392 e. The maximum Gasteiger partial charge on any atom is 0.237 e. The molecule has 1 atom stereocenters. The van der Waals surface area contributed by atoms with E-state index in [1.165, 1.54) is 0 Å². The van der Waals surface area contributed by atoms with Crippen LogP contribution in [-0.2, 0) is 4.79 Å². The number of hydrogen-bond donors (Lipinski definition) is 2. The van der Waals surface area contributed by atoms with Gasteiger partial charge in [-0.3, -0.25) is 9.69 Å². The van der Waals surface area contributed by atoms with Crippen LogP contribution in [0.3, 0.4) is 0 Å². The molecular weight excluding hydrogens is 278 g/mol. The number of hydrogen-bond acceptors (Lipinski definition) is 4.